The third kappa shape index (κ3) is 3.13. The van der Waals surface area contributed by atoms with Crippen LogP contribution in [0, 0.1) is 18.4 Å². The average Bonchev–Trinajstić information content (AvgIpc) is 2.67. The van der Waals surface area contributed by atoms with Crippen molar-refractivity contribution in [3.63, 3.8) is 0 Å². The second-order valence-electron chi connectivity index (χ2n) is 4.22. The third-order valence-corrected chi connectivity index (χ3v) is 2.90. The van der Waals surface area contributed by atoms with Crippen LogP contribution in [0.3, 0.4) is 0 Å². The molecule has 0 aliphatic carbocycles. The normalized spacial score (nSPS) is 11.7. The maximum absolute atomic E-state index is 8.47. The van der Waals surface area contributed by atoms with E-state index in [1.54, 1.807) is 10.8 Å². The Hall–Kier alpha value is -2.23. The van der Waals surface area contributed by atoms with Crippen LogP contribution in [0.1, 0.15) is 5.69 Å². The maximum Gasteiger partial charge on any atom is 0.357 e. The van der Waals surface area contributed by atoms with E-state index in [2.05, 4.69) is 10.3 Å². The van der Waals surface area contributed by atoms with Crippen molar-refractivity contribution >= 4 is 11.9 Å². The molecule has 0 saturated heterocycles. The minimum absolute atomic E-state index is 0.349. The van der Waals surface area contributed by atoms with Crippen LogP contribution >= 0.6 is 0 Å². The first-order valence-corrected chi connectivity index (χ1v) is 5.65. The molecule has 0 atom stereocenters. The predicted molar refractivity (Wildman–Crippen MR) is 70.2 cm³/mol. The van der Waals surface area contributed by atoms with Gasteiger partial charge in [-0.05, 0) is 6.92 Å². The van der Waals surface area contributed by atoms with Crippen molar-refractivity contribution in [1.82, 2.24) is 14.9 Å². The second-order valence-corrected chi connectivity index (χ2v) is 4.22. The summed E-state index contributed by atoms with van der Waals surface area (Å²) >= 11 is 0. The van der Waals surface area contributed by atoms with E-state index in [9.17, 15) is 0 Å². The molecule has 7 heteroatoms. The Kier molecular flexibility index (Phi) is 4.54. The van der Waals surface area contributed by atoms with E-state index in [0.717, 1.165) is 18.2 Å². The Morgan fingerprint density at radius 1 is 1.72 bits per heavy atom. The molecular weight excluding hydrogens is 230 g/mol. The predicted octanol–water partition coefficient (Wildman–Crippen LogP) is -0.808. The van der Waals surface area contributed by atoms with Crippen molar-refractivity contribution in [3.8, 4) is 6.19 Å². The summed E-state index contributed by atoms with van der Waals surface area (Å²) in [4.78, 5) is 6.38. The standard InChI is InChI=1S/C11H19N7/c1-9-7-14-11(18(9)4)17(3)6-5-16(2)10(13)15-8-12/h7H,5-6H2,1-4H3,(H2,13,15)/p+1. The summed E-state index contributed by atoms with van der Waals surface area (Å²) in [5, 5.41) is 10.9. The van der Waals surface area contributed by atoms with Crippen molar-refractivity contribution in [1.29, 1.82) is 5.26 Å². The molecule has 0 aromatic carbocycles. The van der Waals surface area contributed by atoms with Gasteiger partial charge in [0.05, 0.1) is 26.3 Å². The molecule has 0 bridgehead atoms. The molecule has 1 aromatic heterocycles. The minimum atomic E-state index is 0.349. The maximum atomic E-state index is 8.47. The first-order chi connectivity index (χ1) is 8.47. The molecule has 0 fully saturated rings. The van der Waals surface area contributed by atoms with E-state index in [1.165, 1.54) is 0 Å². The first-order valence-electron chi connectivity index (χ1n) is 5.65. The number of imidazole rings is 1. The number of nitrogens with zero attached hydrogens (tertiary/aromatic N) is 5. The summed E-state index contributed by atoms with van der Waals surface area (Å²) in [6.07, 6.45) is 3.64. The second kappa shape index (κ2) is 5.91. The number of aryl methyl sites for hydroxylation is 1. The highest BCUT2D eigenvalue weighted by atomic mass is 15.3. The summed E-state index contributed by atoms with van der Waals surface area (Å²) in [6.45, 7) is 3.47. The van der Waals surface area contributed by atoms with Crippen LogP contribution in [0.25, 0.3) is 0 Å². The monoisotopic (exact) mass is 250 g/mol. The number of nitriles is 1. The smallest absolute Gasteiger partial charge is 0.342 e. The van der Waals surface area contributed by atoms with E-state index < -0.39 is 0 Å². The molecule has 7 nitrogen and oxygen atoms in total. The summed E-state index contributed by atoms with van der Waals surface area (Å²) in [5.74, 6) is 1.26. The lowest BCUT2D eigenvalue weighted by Gasteiger charge is -2.18. The van der Waals surface area contributed by atoms with Crippen LogP contribution in [-0.4, -0.2) is 47.3 Å². The number of anilines is 1. The Bertz CT molecular complexity index is 480. The Labute approximate surface area is 107 Å². The molecule has 1 heterocycles. The quantitative estimate of drug-likeness (QED) is 0.240. The van der Waals surface area contributed by atoms with Gasteiger partial charge in [0.1, 0.15) is 0 Å². The van der Waals surface area contributed by atoms with Crippen LogP contribution in [0.4, 0.5) is 5.95 Å². The third-order valence-electron chi connectivity index (χ3n) is 2.90. The molecule has 1 aromatic rings. The summed E-state index contributed by atoms with van der Waals surface area (Å²) in [5.41, 5.74) is 6.77. The summed E-state index contributed by atoms with van der Waals surface area (Å²) in [7, 11) is 5.79. The zero-order chi connectivity index (χ0) is 13.7. The number of hydrogen-bond donors (Lipinski definition) is 2. The highest BCUT2D eigenvalue weighted by Gasteiger charge is 2.10. The number of aromatic nitrogens is 2. The molecule has 0 aliphatic rings. The van der Waals surface area contributed by atoms with Crippen molar-refractivity contribution < 1.29 is 4.58 Å². The fraction of sp³-hybridized carbons (Fsp3) is 0.545. The first kappa shape index (κ1) is 13.8. The average molecular weight is 250 g/mol. The fourth-order valence-electron chi connectivity index (χ4n) is 1.51. The molecule has 0 unspecified atom stereocenters. The molecule has 3 N–H and O–H groups in total. The number of rotatable bonds is 4. The van der Waals surface area contributed by atoms with Gasteiger partial charge < -0.3 is 9.47 Å². The largest absolute Gasteiger partial charge is 0.357 e. The Morgan fingerprint density at radius 3 is 2.89 bits per heavy atom. The summed E-state index contributed by atoms with van der Waals surface area (Å²) < 4.78 is 3.82. The van der Waals surface area contributed by atoms with E-state index in [-0.39, 0.29) is 0 Å². The number of nitrogens with one attached hydrogen (secondary N) is 1. The Morgan fingerprint density at radius 2 is 2.39 bits per heavy atom. The van der Waals surface area contributed by atoms with Gasteiger partial charge in [0.15, 0.2) is 0 Å². The number of hydrogen-bond acceptors (Lipinski definition) is 3. The molecule has 0 radical (unpaired) electrons. The molecule has 0 spiro atoms. The molecule has 18 heavy (non-hydrogen) atoms. The molecule has 1 rings (SSSR count). The van der Waals surface area contributed by atoms with E-state index in [4.69, 9.17) is 11.0 Å². The molecule has 98 valence electrons. The van der Waals surface area contributed by atoms with E-state index in [0.29, 0.717) is 12.5 Å². The van der Waals surface area contributed by atoms with Gasteiger partial charge in [-0.3, -0.25) is 10.3 Å². The molecular formula is C11H20N7+. The highest BCUT2D eigenvalue weighted by molar-refractivity contribution is 5.74. The topological polar surface area (TPSA) is 85.9 Å². The van der Waals surface area contributed by atoms with Crippen LogP contribution < -0.4 is 16.0 Å². The van der Waals surface area contributed by atoms with Crippen molar-refractivity contribution in [2.24, 2.45) is 12.8 Å². The van der Waals surface area contributed by atoms with Gasteiger partial charge in [-0.15, -0.1) is 0 Å². The van der Waals surface area contributed by atoms with Gasteiger partial charge in [-0.1, -0.05) is 0 Å². The fourth-order valence-corrected chi connectivity index (χ4v) is 1.51. The molecule has 0 amide bonds. The molecule has 0 aliphatic heterocycles. The zero-order valence-corrected chi connectivity index (χ0v) is 11.3. The van der Waals surface area contributed by atoms with E-state index in [1.807, 2.05) is 43.7 Å². The van der Waals surface area contributed by atoms with Gasteiger partial charge in [-0.2, -0.15) is 10.6 Å². The number of guanidine groups is 1. The highest BCUT2D eigenvalue weighted by Crippen LogP contribution is 2.10. The van der Waals surface area contributed by atoms with Crippen molar-refractivity contribution in [3.05, 3.63) is 11.9 Å². The Balaban J connectivity index is 2.62. The van der Waals surface area contributed by atoms with Crippen LogP contribution in [-0.2, 0) is 7.05 Å². The number of nitrogens with two attached hydrogens (primary N) is 1. The van der Waals surface area contributed by atoms with Crippen molar-refractivity contribution in [2.75, 3.05) is 32.1 Å². The SMILES string of the molecule is Cc1cnc(N(C)CC[N+](C)=C(N)NC#N)n1C. The zero-order valence-electron chi connectivity index (χ0n) is 11.3. The minimum Gasteiger partial charge on any atom is -0.342 e. The van der Waals surface area contributed by atoms with Gasteiger partial charge in [0.25, 0.3) is 6.19 Å². The lowest BCUT2D eigenvalue weighted by Crippen LogP contribution is -2.39. The van der Waals surface area contributed by atoms with Gasteiger partial charge in [0, 0.05) is 19.8 Å². The van der Waals surface area contributed by atoms with Crippen LogP contribution in [0.15, 0.2) is 6.20 Å². The van der Waals surface area contributed by atoms with E-state index >= 15 is 0 Å². The van der Waals surface area contributed by atoms with Crippen molar-refractivity contribution in [2.45, 2.75) is 6.92 Å². The van der Waals surface area contributed by atoms with Gasteiger partial charge in [-0.25, -0.2) is 4.98 Å². The lowest BCUT2D eigenvalue weighted by molar-refractivity contribution is -0.497. The summed E-state index contributed by atoms with van der Waals surface area (Å²) in [6, 6.07) is 0. The number of likely N-dealkylation sites (N-methyl/N-ethyl adjacent to an activating group) is 2. The van der Waals surface area contributed by atoms with Gasteiger partial charge in [0.2, 0.25) is 5.95 Å². The van der Waals surface area contributed by atoms with Gasteiger partial charge >= 0.3 is 5.96 Å². The van der Waals surface area contributed by atoms with Crippen LogP contribution in [0.2, 0.25) is 0 Å². The lowest BCUT2D eigenvalue weighted by atomic mass is 10.5. The molecule has 0 saturated carbocycles. The van der Waals surface area contributed by atoms with Crippen LogP contribution in [0.5, 0.6) is 0 Å².